The summed E-state index contributed by atoms with van der Waals surface area (Å²) in [6.45, 7) is 1.96. The van der Waals surface area contributed by atoms with E-state index < -0.39 is 15.8 Å². The second kappa shape index (κ2) is 9.23. The average Bonchev–Trinajstić information content (AvgIpc) is 3.12. The van der Waals surface area contributed by atoms with Gasteiger partial charge in [-0.2, -0.15) is 0 Å². The molecule has 0 aliphatic heterocycles. The summed E-state index contributed by atoms with van der Waals surface area (Å²) in [6, 6.07) is 17.5. The fraction of sp³-hybridized carbons (Fsp3) is 0.182. The molecule has 8 heteroatoms. The van der Waals surface area contributed by atoms with Gasteiger partial charge < -0.3 is 10.1 Å². The number of benzene rings is 2. The van der Waals surface area contributed by atoms with E-state index >= 15 is 0 Å². The lowest BCUT2D eigenvalue weighted by Crippen LogP contribution is -2.16. The third-order valence-electron chi connectivity index (χ3n) is 4.24. The van der Waals surface area contributed by atoms with Crippen LogP contribution in [0.5, 0.6) is 0 Å². The molecule has 6 nitrogen and oxygen atoms in total. The number of thiophene rings is 1. The van der Waals surface area contributed by atoms with Crippen LogP contribution in [0.25, 0.3) is 10.4 Å². The van der Waals surface area contributed by atoms with Gasteiger partial charge in [0, 0.05) is 11.1 Å². The minimum atomic E-state index is -3.29. The van der Waals surface area contributed by atoms with E-state index in [4.69, 9.17) is 4.74 Å². The Labute approximate surface area is 179 Å². The number of nitrogens with one attached hydrogen (secondary N) is 1. The third kappa shape index (κ3) is 5.34. The number of rotatable bonds is 7. The van der Waals surface area contributed by atoms with Crippen molar-refractivity contribution in [1.82, 2.24) is 0 Å². The molecule has 0 aliphatic rings. The van der Waals surface area contributed by atoms with E-state index in [1.54, 1.807) is 25.1 Å². The van der Waals surface area contributed by atoms with Crippen LogP contribution in [0.4, 0.5) is 5.69 Å². The standard InChI is InChI=1S/C22H21NO5S2/c1-3-28-22(25)21-18(14-19(29-21)16-7-5-4-6-8-16)23-20(24)13-15-9-11-17(12-10-15)30(2,26)27/h4-12,14H,3,13H2,1-2H3,(H,23,24). The van der Waals surface area contributed by atoms with Crippen molar-refractivity contribution in [3.8, 4) is 10.4 Å². The van der Waals surface area contributed by atoms with Crippen LogP contribution in [0.15, 0.2) is 65.6 Å². The van der Waals surface area contributed by atoms with E-state index in [0.29, 0.717) is 16.1 Å². The largest absolute Gasteiger partial charge is 0.462 e. The molecule has 0 spiro atoms. The first-order valence-corrected chi connectivity index (χ1v) is 11.9. The molecule has 1 aromatic heterocycles. The molecule has 3 rings (SSSR count). The Bertz CT molecular complexity index is 1150. The zero-order chi connectivity index (χ0) is 21.7. The predicted octanol–water partition coefficient (Wildman–Crippen LogP) is 4.18. The smallest absolute Gasteiger partial charge is 0.350 e. The van der Waals surface area contributed by atoms with Crippen LogP contribution in [-0.2, 0) is 25.8 Å². The molecule has 2 aromatic carbocycles. The summed E-state index contributed by atoms with van der Waals surface area (Å²) in [5, 5.41) is 2.79. The second-order valence-electron chi connectivity index (χ2n) is 6.58. The molecule has 0 saturated carbocycles. The summed E-state index contributed by atoms with van der Waals surface area (Å²) in [6.07, 6.45) is 1.18. The highest BCUT2D eigenvalue weighted by Gasteiger charge is 2.20. The lowest BCUT2D eigenvalue weighted by atomic mass is 10.1. The Kier molecular flexibility index (Phi) is 6.69. The molecule has 156 valence electrons. The van der Waals surface area contributed by atoms with Crippen molar-refractivity contribution in [2.24, 2.45) is 0 Å². The SMILES string of the molecule is CCOC(=O)c1sc(-c2ccccc2)cc1NC(=O)Cc1ccc(S(C)(=O)=O)cc1. The molecule has 3 aromatic rings. The minimum Gasteiger partial charge on any atom is -0.462 e. The monoisotopic (exact) mass is 443 g/mol. The fourth-order valence-corrected chi connectivity index (χ4v) is 4.45. The number of carbonyl (C=O) groups is 2. The predicted molar refractivity (Wildman–Crippen MR) is 118 cm³/mol. The van der Waals surface area contributed by atoms with E-state index in [2.05, 4.69) is 5.32 Å². The van der Waals surface area contributed by atoms with E-state index in [1.165, 1.54) is 23.5 Å². The normalized spacial score (nSPS) is 11.1. The topological polar surface area (TPSA) is 89.5 Å². The van der Waals surface area contributed by atoms with Gasteiger partial charge in [0.15, 0.2) is 9.84 Å². The highest BCUT2D eigenvalue weighted by molar-refractivity contribution is 7.90. The van der Waals surface area contributed by atoms with Crippen LogP contribution in [-0.4, -0.2) is 33.2 Å². The first-order chi connectivity index (χ1) is 14.3. The van der Waals surface area contributed by atoms with Gasteiger partial charge in [-0.05, 0) is 36.2 Å². The average molecular weight is 444 g/mol. The molecule has 0 aliphatic carbocycles. The number of hydrogen-bond donors (Lipinski definition) is 1. The summed E-state index contributed by atoms with van der Waals surface area (Å²) in [4.78, 5) is 26.3. The molecule has 30 heavy (non-hydrogen) atoms. The van der Waals surface area contributed by atoms with Gasteiger partial charge in [0.05, 0.1) is 23.6 Å². The van der Waals surface area contributed by atoms with Gasteiger partial charge in [0.2, 0.25) is 5.91 Å². The maximum Gasteiger partial charge on any atom is 0.350 e. The van der Waals surface area contributed by atoms with E-state index in [9.17, 15) is 18.0 Å². The number of ether oxygens (including phenoxy) is 1. The van der Waals surface area contributed by atoms with Crippen molar-refractivity contribution in [3.63, 3.8) is 0 Å². The summed E-state index contributed by atoms with van der Waals surface area (Å²) < 4.78 is 28.2. The molecule has 1 amide bonds. The molecule has 0 fully saturated rings. The van der Waals surface area contributed by atoms with Crippen molar-refractivity contribution in [2.75, 3.05) is 18.2 Å². The molecule has 0 unspecified atom stereocenters. The number of sulfone groups is 1. The van der Waals surface area contributed by atoms with Crippen LogP contribution in [0.1, 0.15) is 22.2 Å². The zero-order valence-corrected chi connectivity index (χ0v) is 18.2. The van der Waals surface area contributed by atoms with Crippen molar-refractivity contribution >= 4 is 38.7 Å². The maximum atomic E-state index is 12.6. The highest BCUT2D eigenvalue weighted by Crippen LogP contribution is 2.35. The number of amides is 1. The molecular formula is C22H21NO5S2. The summed E-state index contributed by atoms with van der Waals surface area (Å²) in [7, 11) is -3.29. The van der Waals surface area contributed by atoms with E-state index in [1.807, 2.05) is 30.3 Å². The molecule has 1 N–H and O–H groups in total. The van der Waals surface area contributed by atoms with Crippen LogP contribution in [0, 0.1) is 0 Å². The van der Waals surface area contributed by atoms with Crippen LogP contribution >= 0.6 is 11.3 Å². The molecule has 0 bridgehead atoms. The quantitative estimate of drug-likeness (QED) is 0.554. The van der Waals surface area contributed by atoms with Gasteiger partial charge in [-0.3, -0.25) is 4.79 Å². The van der Waals surface area contributed by atoms with Gasteiger partial charge >= 0.3 is 5.97 Å². The van der Waals surface area contributed by atoms with Crippen LogP contribution in [0.2, 0.25) is 0 Å². The fourth-order valence-electron chi connectivity index (χ4n) is 2.81. The molecule has 1 heterocycles. The first-order valence-electron chi connectivity index (χ1n) is 9.23. The lowest BCUT2D eigenvalue weighted by Gasteiger charge is -2.07. The van der Waals surface area contributed by atoms with Crippen molar-refractivity contribution in [3.05, 3.63) is 71.1 Å². The van der Waals surface area contributed by atoms with Gasteiger partial charge in [-0.1, -0.05) is 42.5 Å². The number of anilines is 1. The molecular weight excluding hydrogens is 422 g/mol. The van der Waals surface area contributed by atoms with Crippen molar-refractivity contribution in [1.29, 1.82) is 0 Å². The molecule has 0 radical (unpaired) electrons. The Hall–Kier alpha value is -2.97. The zero-order valence-electron chi connectivity index (χ0n) is 16.5. The minimum absolute atomic E-state index is 0.0445. The second-order valence-corrected chi connectivity index (χ2v) is 9.65. The molecule has 0 saturated heterocycles. The van der Waals surface area contributed by atoms with Gasteiger partial charge in [0.1, 0.15) is 4.88 Å². The van der Waals surface area contributed by atoms with E-state index in [0.717, 1.165) is 16.7 Å². The Morgan fingerprint density at radius 1 is 1.03 bits per heavy atom. The number of hydrogen-bond acceptors (Lipinski definition) is 6. The summed E-state index contributed by atoms with van der Waals surface area (Å²) >= 11 is 1.26. The van der Waals surface area contributed by atoms with Crippen LogP contribution in [0.3, 0.4) is 0 Å². The van der Waals surface area contributed by atoms with Gasteiger partial charge in [0.25, 0.3) is 0 Å². The maximum absolute atomic E-state index is 12.6. The van der Waals surface area contributed by atoms with Crippen molar-refractivity contribution in [2.45, 2.75) is 18.2 Å². The lowest BCUT2D eigenvalue weighted by molar-refractivity contribution is -0.115. The summed E-state index contributed by atoms with van der Waals surface area (Å²) in [5.74, 6) is -0.803. The number of esters is 1. The third-order valence-corrected chi connectivity index (χ3v) is 6.53. The first kappa shape index (κ1) is 21.7. The number of carbonyl (C=O) groups excluding carboxylic acids is 2. The highest BCUT2D eigenvalue weighted by atomic mass is 32.2. The van der Waals surface area contributed by atoms with Gasteiger partial charge in [-0.25, -0.2) is 13.2 Å². The van der Waals surface area contributed by atoms with Crippen LogP contribution < -0.4 is 5.32 Å². The summed E-state index contributed by atoms with van der Waals surface area (Å²) in [5.41, 5.74) is 2.00. The Balaban J connectivity index is 1.81. The van der Waals surface area contributed by atoms with Crippen molar-refractivity contribution < 1.29 is 22.7 Å². The Morgan fingerprint density at radius 3 is 2.30 bits per heavy atom. The Morgan fingerprint density at radius 2 is 1.70 bits per heavy atom. The molecule has 0 atom stereocenters. The van der Waals surface area contributed by atoms with E-state index in [-0.39, 0.29) is 23.8 Å². The van der Waals surface area contributed by atoms with Gasteiger partial charge in [-0.15, -0.1) is 11.3 Å².